The Morgan fingerprint density at radius 3 is 1.17 bits per heavy atom. The van der Waals surface area contributed by atoms with Crippen molar-refractivity contribution < 1.29 is 32.4 Å². The molecule has 1 radical (unpaired) electrons. The average molecular weight is 332 g/mol. The minimum atomic E-state index is -0.403. The first-order valence-corrected chi connectivity index (χ1v) is 9.16. The zero-order chi connectivity index (χ0) is 9.11. The quantitative estimate of drug-likeness (QED) is 0.785. The fourth-order valence-electron chi connectivity index (χ4n) is 0.750. The number of hydrogen-bond donors (Lipinski definition) is 1. The summed E-state index contributed by atoms with van der Waals surface area (Å²) >= 11 is -0.403. The van der Waals surface area contributed by atoms with Crippen molar-refractivity contribution in [2.45, 2.75) is 49.9 Å². The van der Waals surface area contributed by atoms with Crippen LogP contribution in [0.5, 0.6) is 0 Å². The molecule has 0 aromatic carbocycles. The molecule has 1 N–H and O–H groups in total. The van der Waals surface area contributed by atoms with E-state index >= 15 is 0 Å². The van der Waals surface area contributed by atoms with E-state index in [0.29, 0.717) is 6.61 Å². The van der Waals surface area contributed by atoms with Crippen LogP contribution in [0.4, 0.5) is 0 Å². The molecule has 0 aliphatic rings. The summed E-state index contributed by atoms with van der Waals surface area (Å²) in [5.74, 6) is 0. The SMILES string of the molecule is CCCO.C[CH2][Ge]([CH2]C)[CH2]C.[Cd]. The summed E-state index contributed by atoms with van der Waals surface area (Å²) in [6.45, 7) is 9.26. The molecule has 0 bridgehead atoms. The predicted molar refractivity (Wildman–Crippen MR) is 54.6 cm³/mol. The van der Waals surface area contributed by atoms with Crippen molar-refractivity contribution in [2.75, 3.05) is 6.61 Å². The van der Waals surface area contributed by atoms with Gasteiger partial charge in [-0.3, -0.25) is 0 Å². The molecule has 0 aromatic heterocycles. The first-order chi connectivity index (χ1) is 5.26. The van der Waals surface area contributed by atoms with Gasteiger partial charge < -0.3 is 5.11 Å². The molecular formula is C9H23CdGeO. The van der Waals surface area contributed by atoms with E-state index in [9.17, 15) is 0 Å². The fraction of sp³-hybridized carbons (Fsp3) is 1.00. The molecule has 0 fully saturated rings. The third-order valence-electron chi connectivity index (χ3n) is 1.72. The molecule has 0 amide bonds. The van der Waals surface area contributed by atoms with Crippen LogP contribution in [-0.4, -0.2) is 26.1 Å². The Labute approximate surface area is 103 Å². The van der Waals surface area contributed by atoms with Gasteiger partial charge in [0.1, 0.15) is 0 Å². The molecule has 1 nitrogen and oxygen atoms in total. The normalized spacial score (nSPS) is 8.50. The van der Waals surface area contributed by atoms with Crippen LogP contribution in [0.2, 0.25) is 15.8 Å². The maximum absolute atomic E-state index is 7.88. The monoisotopic (exact) mass is 335 g/mol. The minimum Gasteiger partial charge on any atom is 0 e. The Kier molecular flexibility index (Phi) is 29.0. The molecule has 71 valence electrons. The number of hydrogen-bond acceptors (Lipinski definition) is 1. The van der Waals surface area contributed by atoms with Crippen LogP contribution in [-0.2, 0) is 27.3 Å². The summed E-state index contributed by atoms with van der Waals surface area (Å²) < 4.78 is 0. The van der Waals surface area contributed by atoms with Gasteiger partial charge in [0.25, 0.3) is 0 Å². The standard InChI is InChI=1S/C6H15Ge.C3H8O.Cd/c1-4-7(5-2)6-3;1-2-3-4;/h4-6H2,1-3H3;4H,2-3H2,1H3;. The second-order valence-corrected chi connectivity index (χ2v) is 10.1. The molecule has 0 saturated heterocycles. The van der Waals surface area contributed by atoms with E-state index in [1.807, 2.05) is 6.92 Å². The number of rotatable bonds is 4. The molecule has 0 unspecified atom stereocenters. The Balaban J connectivity index is -0.000000142. The minimum absolute atomic E-state index is 0. The van der Waals surface area contributed by atoms with Crippen LogP contribution in [0, 0.1) is 0 Å². The average Bonchev–Trinajstić information content (AvgIpc) is 2.08. The van der Waals surface area contributed by atoms with E-state index in [0.717, 1.165) is 6.42 Å². The van der Waals surface area contributed by atoms with Crippen molar-refractivity contribution in [1.29, 1.82) is 0 Å². The van der Waals surface area contributed by atoms with Crippen LogP contribution in [0.15, 0.2) is 0 Å². The first-order valence-electron chi connectivity index (χ1n) is 4.71. The first kappa shape index (κ1) is 19.1. The van der Waals surface area contributed by atoms with Gasteiger partial charge >= 0.3 is 50.9 Å². The molecule has 0 spiro atoms. The zero-order valence-electron chi connectivity index (χ0n) is 9.19. The summed E-state index contributed by atoms with van der Waals surface area (Å²) in [6, 6.07) is 0. The van der Waals surface area contributed by atoms with E-state index in [4.69, 9.17) is 5.11 Å². The Hall–Kier alpha value is 1.42. The third-order valence-corrected chi connectivity index (χ3v) is 8.02. The van der Waals surface area contributed by atoms with Gasteiger partial charge in [-0.15, -0.1) is 0 Å². The van der Waals surface area contributed by atoms with Crippen LogP contribution < -0.4 is 0 Å². The van der Waals surface area contributed by atoms with Crippen LogP contribution in [0.1, 0.15) is 34.1 Å². The maximum Gasteiger partial charge on any atom is 0 e. The van der Waals surface area contributed by atoms with Crippen molar-refractivity contribution in [3.05, 3.63) is 0 Å². The largest absolute Gasteiger partial charge is 0 e. The maximum atomic E-state index is 7.88. The van der Waals surface area contributed by atoms with Crippen molar-refractivity contribution in [3.8, 4) is 0 Å². The second kappa shape index (κ2) is 18.3. The zero-order valence-corrected chi connectivity index (χ0v) is 15.3. The van der Waals surface area contributed by atoms with Crippen molar-refractivity contribution in [2.24, 2.45) is 0 Å². The summed E-state index contributed by atoms with van der Waals surface area (Å²) in [4.78, 5) is 0. The number of aliphatic hydroxyl groups excluding tert-OH is 1. The molecule has 12 heavy (non-hydrogen) atoms. The third kappa shape index (κ3) is 17.5. The molecule has 3 heteroatoms. The fourth-order valence-corrected chi connectivity index (χ4v) is 3.90. The topological polar surface area (TPSA) is 20.2 Å². The Morgan fingerprint density at radius 2 is 1.17 bits per heavy atom. The van der Waals surface area contributed by atoms with E-state index in [1.54, 1.807) is 0 Å². The molecule has 0 aromatic rings. The molecule has 0 heterocycles. The molecule has 0 saturated carbocycles. The molecule has 0 atom stereocenters. The molecule has 0 rings (SSSR count). The predicted octanol–water partition coefficient (Wildman–Crippen LogP) is 2.93. The Bertz CT molecular complexity index is 51.0. The summed E-state index contributed by atoms with van der Waals surface area (Å²) in [5.41, 5.74) is 0. The van der Waals surface area contributed by atoms with Crippen molar-refractivity contribution >= 4 is 14.3 Å². The summed E-state index contributed by atoms with van der Waals surface area (Å²) in [5, 5.41) is 12.4. The Morgan fingerprint density at radius 1 is 0.917 bits per heavy atom. The van der Waals surface area contributed by atoms with Gasteiger partial charge in [0.15, 0.2) is 0 Å². The summed E-state index contributed by atoms with van der Waals surface area (Å²) in [6.07, 6.45) is 0.875. The second-order valence-electron chi connectivity index (χ2n) is 2.53. The van der Waals surface area contributed by atoms with E-state index < -0.39 is 14.3 Å². The van der Waals surface area contributed by atoms with Gasteiger partial charge in [-0.05, 0) is 6.42 Å². The summed E-state index contributed by atoms with van der Waals surface area (Å²) in [7, 11) is 0. The van der Waals surface area contributed by atoms with Crippen molar-refractivity contribution in [1.82, 2.24) is 0 Å². The molecule has 0 aliphatic heterocycles. The van der Waals surface area contributed by atoms with E-state index in [2.05, 4.69) is 20.8 Å². The van der Waals surface area contributed by atoms with Crippen LogP contribution >= 0.6 is 0 Å². The van der Waals surface area contributed by atoms with E-state index in [1.165, 1.54) is 15.8 Å². The van der Waals surface area contributed by atoms with Crippen LogP contribution in [0.25, 0.3) is 0 Å². The van der Waals surface area contributed by atoms with Crippen LogP contribution in [0.3, 0.4) is 0 Å². The molecular weight excluding hydrogens is 309 g/mol. The van der Waals surface area contributed by atoms with Gasteiger partial charge in [0.05, 0.1) is 0 Å². The van der Waals surface area contributed by atoms with Gasteiger partial charge in [-0.1, -0.05) is 6.92 Å². The van der Waals surface area contributed by atoms with Gasteiger partial charge in [-0.25, -0.2) is 0 Å². The smallest absolute Gasteiger partial charge is 0 e. The van der Waals surface area contributed by atoms with Gasteiger partial charge in [0.2, 0.25) is 0 Å². The molecule has 0 aliphatic carbocycles. The van der Waals surface area contributed by atoms with E-state index in [-0.39, 0.29) is 27.3 Å². The van der Waals surface area contributed by atoms with Gasteiger partial charge in [-0.2, -0.15) is 0 Å². The van der Waals surface area contributed by atoms with Gasteiger partial charge in [0, 0.05) is 33.9 Å². The number of aliphatic hydroxyl groups is 1. The van der Waals surface area contributed by atoms with Crippen molar-refractivity contribution in [3.63, 3.8) is 0 Å².